The van der Waals surface area contributed by atoms with E-state index in [1.165, 1.54) is 17.6 Å². The first-order valence-electron chi connectivity index (χ1n) is 2.33. The maximum absolute atomic E-state index is 11.4. The molecular weight excluding hydrogens is 167 g/mol. The van der Waals surface area contributed by atoms with E-state index in [0.717, 1.165) is 0 Å². The van der Waals surface area contributed by atoms with Crippen molar-refractivity contribution in [1.82, 2.24) is 0 Å². The summed E-state index contributed by atoms with van der Waals surface area (Å²) in [6, 6.07) is 0. The predicted octanol–water partition coefficient (Wildman–Crippen LogP) is 1.79. The smallest absolute Gasteiger partial charge is 0.391 e. The summed E-state index contributed by atoms with van der Waals surface area (Å²) in [5.74, 6) is 1.21. The molecular formula is C4H3F3NOS. The first kappa shape index (κ1) is 7.71. The monoisotopic (exact) mass is 170 g/mol. The Kier molecular flexibility index (Phi) is 2.08. The van der Waals surface area contributed by atoms with Gasteiger partial charge in [0.25, 0.3) is 0 Å². The minimum absolute atomic E-state index is 0.166. The van der Waals surface area contributed by atoms with Crippen LogP contribution in [0, 0.1) is 5.88 Å². The van der Waals surface area contributed by atoms with Gasteiger partial charge in [0, 0.05) is 0 Å². The summed E-state index contributed by atoms with van der Waals surface area (Å²) < 4.78 is 37.6. The summed E-state index contributed by atoms with van der Waals surface area (Å²) in [7, 11) is 0. The largest absolute Gasteiger partial charge is 0.574 e. The van der Waals surface area contributed by atoms with Crippen LogP contribution in [0.1, 0.15) is 0 Å². The molecule has 1 aliphatic rings. The third-order valence-corrected chi connectivity index (χ3v) is 1.38. The van der Waals surface area contributed by atoms with Gasteiger partial charge < -0.3 is 4.74 Å². The van der Waals surface area contributed by atoms with Crippen LogP contribution in [-0.4, -0.2) is 18.0 Å². The van der Waals surface area contributed by atoms with E-state index in [4.69, 9.17) is 0 Å². The highest BCUT2D eigenvalue weighted by Gasteiger charge is 2.33. The highest BCUT2D eigenvalue weighted by Crippen LogP contribution is 2.22. The van der Waals surface area contributed by atoms with Gasteiger partial charge in [-0.3, -0.25) is 0 Å². The van der Waals surface area contributed by atoms with Crippen molar-refractivity contribution in [2.75, 3.05) is 5.75 Å². The van der Waals surface area contributed by atoms with Gasteiger partial charge in [0.2, 0.25) is 5.90 Å². The predicted molar refractivity (Wildman–Crippen MR) is 31.3 cm³/mol. The number of halogens is 3. The minimum Gasteiger partial charge on any atom is -0.391 e. The maximum atomic E-state index is 11.4. The van der Waals surface area contributed by atoms with E-state index in [9.17, 15) is 13.2 Å². The van der Waals surface area contributed by atoms with Crippen molar-refractivity contribution in [3.8, 4) is 0 Å². The molecule has 0 atom stereocenters. The molecule has 57 valence electrons. The zero-order valence-corrected chi connectivity index (χ0v) is 5.50. The fourth-order valence-corrected chi connectivity index (χ4v) is 0.974. The van der Waals surface area contributed by atoms with Gasteiger partial charge in [-0.15, -0.1) is 24.9 Å². The average molecular weight is 170 g/mol. The van der Waals surface area contributed by atoms with E-state index in [2.05, 4.69) is 9.73 Å². The third kappa shape index (κ3) is 2.47. The van der Waals surface area contributed by atoms with Gasteiger partial charge in [-0.1, -0.05) is 0 Å². The first-order valence-corrected chi connectivity index (χ1v) is 3.38. The third-order valence-electron chi connectivity index (χ3n) is 0.712. The number of ether oxygens (including phenoxy) is 1. The normalized spacial score (nSPS) is 18.9. The van der Waals surface area contributed by atoms with Crippen LogP contribution in [0.15, 0.2) is 4.99 Å². The van der Waals surface area contributed by atoms with Crippen molar-refractivity contribution in [1.29, 1.82) is 0 Å². The summed E-state index contributed by atoms with van der Waals surface area (Å²) in [4.78, 5) is 3.33. The second-order valence-electron chi connectivity index (χ2n) is 1.49. The molecule has 0 aromatic heterocycles. The lowest BCUT2D eigenvalue weighted by Crippen LogP contribution is -2.19. The number of nitrogens with zero attached hydrogens (tertiary/aromatic N) is 1. The Morgan fingerprint density at radius 2 is 2.30 bits per heavy atom. The molecule has 2 nitrogen and oxygen atoms in total. The first-order chi connectivity index (χ1) is 4.58. The molecule has 0 spiro atoms. The summed E-state index contributed by atoms with van der Waals surface area (Å²) in [6.45, 7) is 0. The van der Waals surface area contributed by atoms with Crippen molar-refractivity contribution in [2.24, 2.45) is 4.99 Å². The second-order valence-corrected chi connectivity index (χ2v) is 2.32. The Morgan fingerprint density at radius 1 is 1.60 bits per heavy atom. The van der Waals surface area contributed by atoms with Crippen molar-refractivity contribution >= 4 is 17.7 Å². The van der Waals surface area contributed by atoms with Gasteiger partial charge in [-0.05, 0) is 0 Å². The van der Waals surface area contributed by atoms with Crippen molar-refractivity contribution in [3.63, 3.8) is 0 Å². The van der Waals surface area contributed by atoms with Gasteiger partial charge >= 0.3 is 6.36 Å². The molecule has 1 radical (unpaired) electrons. The zero-order chi connectivity index (χ0) is 7.61. The highest BCUT2D eigenvalue weighted by atomic mass is 32.2. The molecule has 0 saturated heterocycles. The molecule has 0 aliphatic carbocycles. The standard InChI is InChI=1S/C4H3F3NOS/c5-4(6,7)9-3-1-10-2-8-3/h2H,1H2. The number of rotatable bonds is 0. The fraction of sp³-hybridized carbons (Fsp3) is 0.500. The van der Waals surface area contributed by atoms with Crippen molar-refractivity contribution in [3.05, 3.63) is 5.88 Å². The lowest BCUT2D eigenvalue weighted by Gasteiger charge is -2.06. The van der Waals surface area contributed by atoms with Gasteiger partial charge in [-0.25, -0.2) is 4.99 Å². The molecule has 0 unspecified atom stereocenters. The Labute approximate surface area is 59.5 Å². The summed E-state index contributed by atoms with van der Waals surface area (Å²) in [5.41, 5.74) is 0. The SMILES string of the molecule is FC(F)(F)OC1=N[CH]SC1. The van der Waals surface area contributed by atoms with Crippen LogP contribution < -0.4 is 0 Å². The second kappa shape index (κ2) is 2.69. The average Bonchev–Trinajstić information content (AvgIpc) is 2.12. The number of hydrogen-bond donors (Lipinski definition) is 0. The number of alkyl halides is 3. The summed E-state index contributed by atoms with van der Waals surface area (Å²) in [5, 5.41) is 0. The van der Waals surface area contributed by atoms with Crippen LogP contribution in [0.4, 0.5) is 13.2 Å². The number of aliphatic imine (C=N–C) groups is 1. The van der Waals surface area contributed by atoms with E-state index < -0.39 is 6.36 Å². The van der Waals surface area contributed by atoms with Crippen LogP contribution in [0.3, 0.4) is 0 Å². The molecule has 1 heterocycles. The molecule has 6 heteroatoms. The molecule has 0 aromatic carbocycles. The lowest BCUT2D eigenvalue weighted by atomic mass is 10.8. The Hall–Kier alpha value is -0.390. The summed E-state index contributed by atoms with van der Waals surface area (Å²) in [6.07, 6.45) is -4.60. The topological polar surface area (TPSA) is 21.6 Å². The quantitative estimate of drug-likeness (QED) is 0.552. The van der Waals surface area contributed by atoms with E-state index in [1.807, 2.05) is 0 Å². The van der Waals surface area contributed by atoms with Gasteiger partial charge in [-0.2, -0.15) is 0 Å². The lowest BCUT2D eigenvalue weighted by molar-refractivity contribution is -0.283. The van der Waals surface area contributed by atoms with E-state index in [0.29, 0.717) is 0 Å². The van der Waals surface area contributed by atoms with Crippen LogP contribution >= 0.6 is 11.8 Å². The van der Waals surface area contributed by atoms with Gasteiger partial charge in [0.1, 0.15) is 5.88 Å². The van der Waals surface area contributed by atoms with Gasteiger partial charge in [0.05, 0.1) is 5.75 Å². The van der Waals surface area contributed by atoms with Crippen LogP contribution in [0.5, 0.6) is 0 Å². The minimum atomic E-state index is -4.60. The van der Waals surface area contributed by atoms with Crippen molar-refractivity contribution in [2.45, 2.75) is 6.36 Å². The molecule has 0 aromatic rings. The van der Waals surface area contributed by atoms with Crippen molar-refractivity contribution < 1.29 is 17.9 Å². The number of hydrogen-bond acceptors (Lipinski definition) is 3. The molecule has 1 rings (SSSR count). The van der Waals surface area contributed by atoms with Crippen LogP contribution in [0.2, 0.25) is 0 Å². The van der Waals surface area contributed by atoms with E-state index in [1.54, 1.807) is 0 Å². The van der Waals surface area contributed by atoms with E-state index >= 15 is 0 Å². The molecule has 10 heavy (non-hydrogen) atoms. The highest BCUT2D eigenvalue weighted by molar-refractivity contribution is 8.02. The maximum Gasteiger partial charge on any atom is 0.574 e. The van der Waals surface area contributed by atoms with Crippen LogP contribution in [0.25, 0.3) is 0 Å². The zero-order valence-electron chi connectivity index (χ0n) is 4.68. The summed E-state index contributed by atoms with van der Waals surface area (Å²) >= 11 is 1.17. The van der Waals surface area contributed by atoms with Crippen LogP contribution in [-0.2, 0) is 4.74 Å². The Bertz CT molecular complexity index is 155. The Morgan fingerprint density at radius 3 is 2.70 bits per heavy atom. The molecule has 0 saturated carbocycles. The molecule has 0 fully saturated rings. The van der Waals surface area contributed by atoms with E-state index in [-0.39, 0.29) is 11.7 Å². The molecule has 1 aliphatic heterocycles. The molecule has 0 bridgehead atoms. The van der Waals surface area contributed by atoms with Gasteiger partial charge in [0.15, 0.2) is 0 Å². The number of thioether (sulfide) groups is 1. The molecule has 0 amide bonds. The molecule has 0 N–H and O–H groups in total. The Balaban J connectivity index is 2.38. The fourth-order valence-electron chi connectivity index (χ4n) is 0.431.